The number of hydrogen-bond donors (Lipinski definition) is 1. The molecule has 80 valence electrons. The predicted molar refractivity (Wildman–Crippen MR) is 61.9 cm³/mol. The fourth-order valence-electron chi connectivity index (χ4n) is 1.07. The van der Waals surface area contributed by atoms with Crippen LogP contribution in [0.1, 0.15) is 25.8 Å². The number of pyridine rings is 1. The first-order chi connectivity index (χ1) is 7.19. The van der Waals surface area contributed by atoms with Crippen molar-refractivity contribution in [3.8, 4) is 6.07 Å². The third kappa shape index (κ3) is 3.10. The zero-order valence-electron chi connectivity index (χ0n) is 8.92. The van der Waals surface area contributed by atoms with Crippen LogP contribution in [0, 0.1) is 17.2 Å². The Hall–Kier alpha value is -1.27. The molecule has 0 aliphatic heterocycles. The van der Waals surface area contributed by atoms with E-state index in [1.807, 2.05) is 6.07 Å². The van der Waals surface area contributed by atoms with E-state index in [1.54, 1.807) is 12.3 Å². The summed E-state index contributed by atoms with van der Waals surface area (Å²) in [5.41, 5.74) is 0.457. The van der Waals surface area contributed by atoms with Gasteiger partial charge in [0.05, 0.1) is 5.56 Å². The van der Waals surface area contributed by atoms with Gasteiger partial charge in [-0.05, 0) is 12.0 Å². The van der Waals surface area contributed by atoms with Crippen molar-refractivity contribution in [1.82, 2.24) is 4.98 Å². The van der Waals surface area contributed by atoms with E-state index in [1.165, 1.54) is 0 Å². The maximum Gasteiger partial charge on any atom is 0.146 e. The van der Waals surface area contributed by atoms with Crippen molar-refractivity contribution in [2.24, 2.45) is 5.92 Å². The SMILES string of the molecule is CCC(C)CNc1nccc(C#N)c1Cl. The molecule has 0 saturated heterocycles. The highest BCUT2D eigenvalue weighted by Gasteiger charge is 2.07. The molecule has 0 saturated carbocycles. The molecule has 0 aliphatic rings. The van der Waals surface area contributed by atoms with Crippen molar-refractivity contribution >= 4 is 17.4 Å². The van der Waals surface area contributed by atoms with Crippen LogP contribution in [0.4, 0.5) is 5.82 Å². The van der Waals surface area contributed by atoms with Gasteiger partial charge in [0.25, 0.3) is 0 Å². The smallest absolute Gasteiger partial charge is 0.146 e. The molecule has 15 heavy (non-hydrogen) atoms. The van der Waals surface area contributed by atoms with Crippen molar-refractivity contribution in [3.63, 3.8) is 0 Å². The first-order valence-electron chi connectivity index (χ1n) is 4.97. The third-order valence-electron chi connectivity index (χ3n) is 2.32. The van der Waals surface area contributed by atoms with E-state index in [2.05, 4.69) is 24.1 Å². The molecule has 0 aliphatic carbocycles. The second-order valence-electron chi connectivity index (χ2n) is 3.53. The Labute approximate surface area is 95.1 Å². The number of nitrogens with one attached hydrogen (secondary N) is 1. The van der Waals surface area contributed by atoms with Crippen molar-refractivity contribution in [3.05, 3.63) is 22.8 Å². The van der Waals surface area contributed by atoms with Crippen LogP contribution in [-0.4, -0.2) is 11.5 Å². The Bertz CT molecular complexity index is 371. The van der Waals surface area contributed by atoms with Crippen molar-refractivity contribution in [1.29, 1.82) is 5.26 Å². The summed E-state index contributed by atoms with van der Waals surface area (Å²) in [7, 11) is 0. The minimum atomic E-state index is 0.406. The summed E-state index contributed by atoms with van der Waals surface area (Å²) < 4.78 is 0. The largest absolute Gasteiger partial charge is 0.369 e. The van der Waals surface area contributed by atoms with E-state index in [9.17, 15) is 0 Å². The topological polar surface area (TPSA) is 48.7 Å². The molecule has 1 heterocycles. The van der Waals surface area contributed by atoms with Gasteiger partial charge in [-0.3, -0.25) is 0 Å². The summed E-state index contributed by atoms with van der Waals surface area (Å²) in [6.07, 6.45) is 2.69. The first kappa shape index (κ1) is 11.8. The van der Waals surface area contributed by atoms with E-state index >= 15 is 0 Å². The van der Waals surface area contributed by atoms with Gasteiger partial charge in [0.15, 0.2) is 0 Å². The van der Waals surface area contributed by atoms with Crippen LogP contribution in [-0.2, 0) is 0 Å². The van der Waals surface area contributed by atoms with Crippen LogP contribution in [0.15, 0.2) is 12.3 Å². The molecule has 0 radical (unpaired) electrons. The normalized spacial score (nSPS) is 11.9. The maximum atomic E-state index is 8.78. The lowest BCUT2D eigenvalue weighted by Crippen LogP contribution is -2.11. The van der Waals surface area contributed by atoms with E-state index in [0.717, 1.165) is 13.0 Å². The Morgan fingerprint density at radius 3 is 3.00 bits per heavy atom. The summed E-state index contributed by atoms with van der Waals surface area (Å²) in [6, 6.07) is 3.63. The fraction of sp³-hybridized carbons (Fsp3) is 0.455. The molecule has 0 amide bonds. The van der Waals surface area contributed by atoms with Gasteiger partial charge >= 0.3 is 0 Å². The molecule has 3 nitrogen and oxygen atoms in total. The molecular weight excluding hydrogens is 210 g/mol. The van der Waals surface area contributed by atoms with Crippen LogP contribution < -0.4 is 5.32 Å². The fourth-order valence-corrected chi connectivity index (χ4v) is 1.29. The predicted octanol–water partition coefficient (Wildman–Crippen LogP) is 3.06. The molecule has 0 bridgehead atoms. The number of anilines is 1. The number of nitriles is 1. The summed E-state index contributed by atoms with van der Waals surface area (Å²) in [6.45, 7) is 5.10. The molecule has 0 fully saturated rings. The lowest BCUT2D eigenvalue weighted by Gasteiger charge is -2.11. The van der Waals surface area contributed by atoms with Gasteiger partial charge in [-0.15, -0.1) is 0 Å². The molecule has 0 aromatic carbocycles. The number of nitrogens with zero attached hydrogens (tertiary/aromatic N) is 2. The molecular formula is C11H14ClN3. The number of rotatable bonds is 4. The van der Waals surface area contributed by atoms with Crippen molar-refractivity contribution < 1.29 is 0 Å². The van der Waals surface area contributed by atoms with E-state index in [-0.39, 0.29) is 0 Å². The minimum absolute atomic E-state index is 0.406. The molecule has 1 N–H and O–H groups in total. The zero-order chi connectivity index (χ0) is 11.3. The Morgan fingerprint density at radius 2 is 2.40 bits per heavy atom. The monoisotopic (exact) mass is 223 g/mol. The summed E-state index contributed by atoms with van der Waals surface area (Å²) in [5, 5.41) is 12.3. The third-order valence-corrected chi connectivity index (χ3v) is 2.71. The maximum absolute atomic E-state index is 8.78. The highest BCUT2D eigenvalue weighted by Crippen LogP contribution is 2.22. The molecule has 1 aromatic rings. The molecule has 1 unspecified atom stereocenters. The van der Waals surface area contributed by atoms with E-state index in [4.69, 9.17) is 16.9 Å². The zero-order valence-corrected chi connectivity index (χ0v) is 9.67. The Balaban J connectivity index is 2.74. The average Bonchev–Trinajstić information content (AvgIpc) is 2.27. The average molecular weight is 224 g/mol. The van der Waals surface area contributed by atoms with E-state index in [0.29, 0.717) is 22.3 Å². The molecule has 1 aromatic heterocycles. The van der Waals surface area contributed by atoms with E-state index < -0.39 is 0 Å². The minimum Gasteiger partial charge on any atom is -0.369 e. The first-order valence-corrected chi connectivity index (χ1v) is 5.35. The quantitative estimate of drug-likeness (QED) is 0.854. The van der Waals surface area contributed by atoms with Gasteiger partial charge in [-0.2, -0.15) is 5.26 Å². The second-order valence-corrected chi connectivity index (χ2v) is 3.91. The highest BCUT2D eigenvalue weighted by molar-refractivity contribution is 6.34. The summed E-state index contributed by atoms with van der Waals surface area (Å²) in [5.74, 6) is 1.16. The second kappa shape index (κ2) is 5.57. The Morgan fingerprint density at radius 1 is 1.67 bits per heavy atom. The molecule has 4 heteroatoms. The number of halogens is 1. The van der Waals surface area contributed by atoms with Crippen molar-refractivity contribution in [2.75, 3.05) is 11.9 Å². The van der Waals surface area contributed by atoms with Crippen LogP contribution in [0.2, 0.25) is 5.02 Å². The van der Waals surface area contributed by atoms with Crippen molar-refractivity contribution in [2.45, 2.75) is 20.3 Å². The highest BCUT2D eigenvalue weighted by atomic mass is 35.5. The lowest BCUT2D eigenvalue weighted by molar-refractivity contribution is 0.592. The molecule has 0 spiro atoms. The lowest BCUT2D eigenvalue weighted by atomic mass is 10.1. The van der Waals surface area contributed by atoms with Gasteiger partial charge in [0.1, 0.15) is 16.9 Å². The van der Waals surface area contributed by atoms with Gasteiger partial charge < -0.3 is 5.32 Å². The van der Waals surface area contributed by atoms with Gasteiger partial charge in [0.2, 0.25) is 0 Å². The standard InChI is InChI=1S/C11H14ClN3/c1-3-8(2)7-15-11-10(12)9(6-13)4-5-14-11/h4-5,8H,3,7H2,1-2H3,(H,14,15). The Kier molecular flexibility index (Phi) is 4.38. The number of hydrogen-bond acceptors (Lipinski definition) is 3. The van der Waals surface area contributed by atoms with Gasteiger partial charge in [0, 0.05) is 12.7 Å². The summed E-state index contributed by atoms with van der Waals surface area (Å²) in [4.78, 5) is 4.10. The van der Waals surface area contributed by atoms with Gasteiger partial charge in [-0.1, -0.05) is 31.9 Å². The number of aromatic nitrogens is 1. The summed E-state index contributed by atoms with van der Waals surface area (Å²) >= 11 is 5.99. The molecule has 1 atom stereocenters. The van der Waals surface area contributed by atoms with Gasteiger partial charge in [-0.25, -0.2) is 4.98 Å². The van der Waals surface area contributed by atoms with Crippen LogP contribution in [0.25, 0.3) is 0 Å². The van der Waals surface area contributed by atoms with Crippen LogP contribution in [0.3, 0.4) is 0 Å². The van der Waals surface area contributed by atoms with Crippen LogP contribution in [0.5, 0.6) is 0 Å². The molecule has 1 rings (SSSR count). The van der Waals surface area contributed by atoms with Crippen LogP contribution >= 0.6 is 11.6 Å².